The van der Waals surface area contributed by atoms with Gasteiger partial charge in [-0.2, -0.15) is 0 Å². The second-order valence-electron chi connectivity index (χ2n) is 7.39. The maximum absolute atomic E-state index is 12.9. The highest BCUT2D eigenvalue weighted by Crippen LogP contribution is 2.26. The van der Waals surface area contributed by atoms with Crippen molar-refractivity contribution >= 4 is 51.6 Å². The lowest BCUT2D eigenvalue weighted by Gasteiger charge is -2.37. The zero-order valence-electron chi connectivity index (χ0n) is 16.5. The number of fused-ring (bicyclic) bond motifs is 1. The number of nitrogens with zero attached hydrogens (tertiary/aromatic N) is 2. The second kappa shape index (κ2) is 8.68. The number of carbonyl (C=O) groups excluding carboxylic acids is 2. The Morgan fingerprint density at radius 3 is 2.50 bits per heavy atom. The zero-order valence-corrected chi connectivity index (χ0v) is 18.0. The van der Waals surface area contributed by atoms with Crippen LogP contribution in [-0.4, -0.2) is 58.8 Å². The fraction of sp³-hybridized carbons (Fsp3) is 0.273. The Hall–Kier alpha value is -2.54. The number of amides is 2. The normalized spacial score (nSPS) is 15.9. The molecule has 0 saturated carbocycles. The van der Waals surface area contributed by atoms with E-state index in [4.69, 9.17) is 23.2 Å². The molecule has 3 aromatic rings. The molecule has 1 unspecified atom stereocenters. The van der Waals surface area contributed by atoms with Crippen LogP contribution in [0.5, 0.6) is 0 Å². The van der Waals surface area contributed by atoms with Crippen molar-refractivity contribution in [2.75, 3.05) is 31.5 Å². The Morgan fingerprint density at radius 2 is 1.77 bits per heavy atom. The summed E-state index contributed by atoms with van der Waals surface area (Å²) < 4.78 is 0. The first-order chi connectivity index (χ1) is 14.4. The topological polar surface area (TPSA) is 68.4 Å². The molecule has 30 heavy (non-hydrogen) atoms. The molecule has 0 radical (unpaired) electrons. The van der Waals surface area contributed by atoms with Crippen molar-refractivity contribution < 1.29 is 9.59 Å². The summed E-state index contributed by atoms with van der Waals surface area (Å²) in [4.78, 5) is 32.6. The Balaban J connectivity index is 1.35. The highest BCUT2D eigenvalue weighted by Gasteiger charge is 2.28. The highest BCUT2D eigenvalue weighted by atomic mass is 35.5. The number of benzene rings is 2. The number of rotatable bonds is 4. The van der Waals surface area contributed by atoms with Crippen LogP contribution in [0.25, 0.3) is 10.9 Å². The van der Waals surface area contributed by atoms with Crippen LogP contribution < -0.4 is 5.32 Å². The summed E-state index contributed by atoms with van der Waals surface area (Å²) in [7, 11) is 0. The summed E-state index contributed by atoms with van der Waals surface area (Å²) in [5, 5.41) is 4.80. The molecule has 2 N–H and O–H groups in total. The zero-order chi connectivity index (χ0) is 21.3. The number of H-pyrrole nitrogens is 1. The van der Waals surface area contributed by atoms with Crippen molar-refractivity contribution in [1.82, 2.24) is 14.8 Å². The minimum Gasteiger partial charge on any atom is -0.351 e. The van der Waals surface area contributed by atoms with Crippen molar-refractivity contribution in [1.29, 1.82) is 0 Å². The maximum atomic E-state index is 12.9. The van der Waals surface area contributed by atoms with Crippen LogP contribution >= 0.6 is 23.2 Å². The molecule has 0 spiro atoms. The number of hydrogen-bond acceptors (Lipinski definition) is 3. The highest BCUT2D eigenvalue weighted by molar-refractivity contribution is 6.35. The van der Waals surface area contributed by atoms with Crippen molar-refractivity contribution in [3.63, 3.8) is 0 Å². The van der Waals surface area contributed by atoms with E-state index in [9.17, 15) is 9.59 Å². The average Bonchev–Trinajstić information content (AvgIpc) is 3.19. The van der Waals surface area contributed by atoms with Crippen LogP contribution in [0.15, 0.2) is 48.5 Å². The molecule has 6 nitrogen and oxygen atoms in total. The summed E-state index contributed by atoms with van der Waals surface area (Å²) in [5.41, 5.74) is 2.03. The third-order valence-electron chi connectivity index (χ3n) is 5.48. The summed E-state index contributed by atoms with van der Waals surface area (Å²) in [5.74, 6) is -0.178. The van der Waals surface area contributed by atoms with Gasteiger partial charge in [0.15, 0.2) is 0 Å². The van der Waals surface area contributed by atoms with E-state index in [-0.39, 0.29) is 17.9 Å². The van der Waals surface area contributed by atoms with Gasteiger partial charge in [0.2, 0.25) is 5.91 Å². The van der Waals surface area contributed by atoms with Gasteiger partial charge in [0.05, 0.1) is 16.8 Å². The molecule has 156 valence electrons. The largest absolute Gasteiger partial charge is 0.351 e. The first-order valence-corrected chi connectivity index (χ1v) is 10.5. The lowest BCUT2D eigenvalue weighted by molar-refractivity contribution is -0.121. The number of hydrogen-bond donors (Lipinski definition) is 2. The molecule has 4 rings (SSSR count). The molecule has 2 amide bonds. The number of halogens is 2. The van der Waals surface area contributed by atoms with Crippen LogP contribution in [0.4, 0.5) is 5.69 Å². The molecule has 1 fully saturated rings. The molecule has 0 aliphatic carbocycles. The Kier molecular flexibility index (Phi) is 5.99. The summed E-state index contributed by atoms with van der Waals surface area (Å²) >= 11 is 12.1. The number of aromatic amines is 1. The van der Waals surface area contributed by atoms with Crippen molar-refractivity contribution in [2.24, 2.45) is 0 Å². The van der Waals surface area contributed by atoms with Gasteiger partial charge in [0.1, 0.15) is 5.69 Å². The van der Waals surface area contributed by atoms with E-state index in [1.165, 1.54) is 0 Å². The van der Waals surface area contributed by atoms with Gasteiger partial charge in [-0.3, -0.25) is 14.5 Å². The van der Waals surface area contributed by atoms with E-state index < -0.39 is 0 Å². The second-order valence-corrected chi connectivity index (χ2v) is 8.23. The Labute approximate surface area is 184 Å². The summed E-state index contributed by atoms with van der Waals surface area (Å²) in [6.07, 6.45) is 0. The third kappa shape index (κ3) is 4.31. The number of para-hydroxylation sites is 1. The van der Waals surface area contributed by atoms with Crippen LogP contribution in [-0.2, 0) is 4.79 Å². The fourth-order valence-corrected chi connectivity index (χ4v) is 4.00. The monoisotopic (exact) mass is 444 g/mol. The van der Waals surface area contributed by atoms with E-state index >= 15 is 0 Å². The van der Waals surface area contributed by atoms with Gasteiger partial charge in [0, 0.05) is 42.1 Å². The van der Waals surface area contributed by atoms with E-state index in [0.29, 0.717) is 47.6 Å². The molecular formula is C22H22Cl2N4O2. The van der Waals surface area contributed by atoms with Gasteiger partial charge in [0.25, 0.3) is 5.91 Å². The third-order valence-corrected chi connectivity index (χ3v) is 6.04. The van der Waals surface area contributed by atoms with Crippen LogP contribution in [0, 0.1) is 0 Å². The number of aromatic nitrogens is 1. The quantitative estimate of drug-likeness (QED) is 0.631. The first-order valence-electron chi connectivity index (χ1n) is 9.79. The molecule has 1 aliphatic rings. The van der Waals surface area contributed by atoms with Gasteiger partial charge in [-0.25, -0.2) is 0 Å². The lowest BCUT2D eigenvalue weighted by atomic mass is 10.2. The lowest BCUT2D eigenvalue weighted by Crippen LogP contribution is -2.54. The number of carbonyl (C=O) groups is 2. The number of piperazine rings is 1. The predicted molar refractivity (Wildman–Crippen MR) is 120 cm³/mol. The molecule has 8 heteroatoms. The van der Waals surface area contributed by atoms with E-state index in [2.05, 4.69) is 15.2 Å². The standard InChI is InChI=1S/C22H22Cl2N4O2/c1-14(21(29)26-19-13-16(23)6-7-17(19)24)27-8-10-28(11-9-27)22(30)20-12-15-4-2-3-5-18(15)25-20/h2-7,12-14,25H,8-11H2,1H3,(H,26,29). The first kappa shape index (κ1) is 20.7. The minimum absolute atomic E-state index is 0.0198. The van der Waals surface area contributed by atoms with Crippen LogP contribution in [0.3, 0.4) is 0 Å². The van der Waals surface area contributed by atoms with Crippen molar-refractivity contribution in [2.45, 2.75) is 13.0 Å². The molecule has 1 atom stereocenters. The minimum atomic E-state index is -0.356. The Morgan fingerprint density at radius 1 is 1.03 bits per heavy atom. The predicted octanol–water partition coefficient (Wildman–Crippen LogP) is 4.26. The van der Waals surface area contributed by atoms with Gasteiger partial charge in [-0.15, -0.1) is 0 Å². The van der Waals surface area contributed by atoms with Crippen LogP contribution in [0.1, 0.15) is 17.4 Å². The summed E-state index contributed by atoms with van der Waals surface area (Å²) in [6, 6.07) is 14.3. The average molecular weight is 445 g/mol. The van der Waals surface area contributed by atoms with Crippen molar-refractivity contribution in [3.05, 3.63) is 64.3 Å². The van der Waals surface area contributed by atoms with E-state index in [1.54, 1.807) is 18.2 Å². The summed E-state index contributed by atoms with van der Waals surface area (Å²) in [6.45, 7) is 4.20. The molecule has 1 aromatic heterocycles. The van der Waals surface area contributed by atoms with Gasteiger partial charge in [-0.05, 0) is 37.3 Å². The van der Waals surface area contributed by atoms with Crippen molar-refractivity contribution in [3.8, 4) is 0 Å². The number of nitrogens with one attached hydrogen (secondary N) is 2. The molecule has 0 bridgehead atoms. The molecule has 2 heterocycles. The maximum Gasteiger partial charge on any atom is 0.270 e. The van der Waals surface area contributed by atoms with E-state index in [0.717, 1.165) is 10.9 Å². The van der Waals surface area contributed by atoms with Gasteiger partial charge < -0.3 is 15.2 Å². The van der Waals surface area contributed by atoms with Gasteiger partial charge in [-0.1, -0.05) is 41.4 Å². The molecular weight excluding hydrogens is 423 g/mol. The van der Waals surface area contributed by atoms with Crippen LogP contribution in [0.2, 0.25) is 10.0 Å². The SMILES string of the molecule is CC(C(=O)Nc1cc(Cl)ccc1Cl)N1CCN(C(=O)c2cc3ccccc3[nH]2)CC1. The smallest absolute Gasteiger partial charge is 0.270 e. The van der Waals surface area contributed by atoms with E-state index in [1.807, 2.05) is 42.2 Å². The molecule has 2 aromatic carbocycles. The molecule has 1 saturated heterocycles. The number of anilines is 1. The van der Waals surface area contributed by atoms with Gasteiger partial charge >= 0.3 is 0 Å². The Bertz CT molecular complexity index is 1060. The molecule has 1 aliphatic heterocycles. The fourth-order valence-electron chi connectivity index (χ4n) is 3.67.